The van der Waals surface area contributed by atoms with Gasteiger partial charge in [0.2, 0.25) is 0 Å². The third-order valence-corrected chi connectivity index (χ3v) is 2.21. The van der Waals surface area contributed by atoms with Gasteiger partial charge in [-0.2, -0.15) is 0 Å². The third kappa shape index (κ3) is 15.8. The molecule has 0 atom stereocenters. The molecule has 5 heteroatoms. The summed E-state index contributed by atoms with van der Waals surface area (Å²) < 4.78 is 10.9. The summed E-state index contributed by atoms with van der Waals surface area (Å²) in [6.07, 6.45) is 0. The third-order valence-electron chi connectivity index (χ3n) is 2.21. The predicted octanol–water partition coefficient (Wildman–Crippen LogP) is -0.268. The van der Waals surface area contributed by atoms with E-state index in [1.165, 1.54) is 0 Å². The van der Waals surface area contributed by atoms with Crippen molar-refractivity contribution >= 4 is 0 Å². The average molecular weight is 247 g/mol. The average Bonchev–Trinajstić information content (AvgIpc) is 2.25. The Kier molecular flexibility index (Phi) is 12.1. The first-order chi connectivity index (χ1) is 8.13. The summed E-state index contributed by atoms with van der Waals surface area (Å²) in [5.74, 6) is 0. The van der Waals surface area contributed by atoms with Crippen LogP contribution in [-0.2, 0) is 9.47 Å². The second kappa shape index (κ2) is 12.3. The number of likely N-dealkylation sites (N-methyl/N-ethyl adjacent to an activating group) is 2. The van der Waals surface area contributed by atoms with Crippen LogP contribution < -0.4 is 5.32 Å². The number of nitrogens with zero attached hydrogens (tertiary/aromatic N) is 2. The van der Waals surface area contributed by atoms with Crippen LogP contribution >= 0.6 is 0 Å². The molecule has 104 valence electrons. The van der Waals surface area contributed by atoms with E-state index in [0.717, 1.165) is 52.6 Å². The molecule has 17 heavy (non-hydrogen) atoms. The maximum Gasteiger partial charge on any atom is 0.0593 e. The summed E-state index contributed by atoms with van der Waals surface area (Å²) in [5, 5.41) is 3.28. The smallest absolute Gasteiger partial charge is 0.0593 e. The number of hydrogen-bond donors (Lipinski definition) is 1. The van der Waals surface area contributed by atoms with Crippen LogP contribution in [0.15, 0.2) is 0 Å². The van der Waals surface area contributed by atoms with Crippen molar-refractivity contribution in [2.75, 3.05) is 80.8 Å². The van der Waals surface area contributed by atoms with Crippen LogP contribution in [-0.4, -0.2) is 90.6 Å². The Morgan fingerprint density at radius 1 is 0.706 bits per heavy atom. The van der Waals surface area contributed by atoms with Crippen molar-refractivity contribution in [1.82, 2.24) is 15.1 Å². The molecule has 0 fully saturated rings. The molecule has 0 aliphatic heterocycles. The van der Waals surface area contributed by atoms with E-state index in [-0.39, 0.29) is 0 Å². The number of ether oxygens (including phenoxy) is 2. The second-order valence-corrected chi connectivity index (χ2v) is 4.58. The van der Waals surface area contributed by atoms with E-state index in [4.69, 9.17) is 9.47 Å². The fourth-order valence-corrected chi connectivity index (χ4v) is 1.11. The van der Waals surface area contributed by atoms with Crippen molar-refractivity contribution in [3.8, 4) is 0 Å². The molecule has 0 saturated heterocycles. The lowest BCUT2D eigenvalue weighted by molar-refractivity contribution is 0.106. The molecule has 5 nitrogen and oxygen atoms in total. The Bertz CT molecular complexity index is 139. The molecule has 0 aromatic carbocycles. The second-order valence-electron chi connectivity index (χ2n) is 4.58. The summed E-state index contributed by atoms with van der Waals surface area (Å²) in [6, 6.07) is 0. The Morgan fingerprint density at radius 3 is 1.47 bits per heavy atom. The molecular weight excluding hydrogens is 218 g/mol. The first kappa shape index (κ1) is 16.8. The minimum absolute atomic E-state index is 0.769. The summed E-state index contributed by atoms with van der Waals surface area (Å²) in [4.78, 5) is 4.23. The van der Waals surface area contributed by atoms with E-state index >= 15 is 0 Å². The predicted molar refractivity (Wildman–Crippen MR) is 71.6 cm³/mol. The molecule has 0 aromatic heterocycles. The van der Waals surface area contributed by atoms with Crippen LogP contribution in [0.5, 0.6) is 0 Å². The Labute approximate surface area is 106 Å². The number of nitrogens with one attached hydrogen (secondary N) is 1. The lowest BCUT2D eigenvalue weighted by atomic mass is 10.6. The fourth-order valence-electron chi connectivity index (χ4n) is 1.11. The fraction of sp³-hybridized carbons (Fsp3) is 1.00. The van der Waals surface area contributed by atoms with Gasteiger partial charge >= 0.3 is 0 Å². The Hall–Kier alpha value is -0.200. The van der Waals surface area contributed by atoms with Gasteiger partial charge in [0.05, 0.1) is 26.4 Å². The van der Waals surface area contributed by atoms with Crippen LogP contribution in [0.3, 0.4) is 0 Å². The Balaban J connectivity index is 2.94. The molecule has 0 heterocycles. The molecule has 0 aromatic rings. The van der Waals surface area contributed by atoms with Crippen molar-refractivity contribution in [3.63, 3.8) is 0 Å². The standard InChI is InChI=1S/C12H29N3O2/c1-14(2)7-11-16-9-5-13-6-10-17-12-8-15(3)4/h13H,5-12H2,1-4H3. The van der Waals surface area contributed by atoms with Gasteiger partial charge in [-0.05, 0) is 28.2 Å². The lowest BCUT2D eigenvalue weighted by Crippen LogP contribution is -2.26. The van der Waals surface area contributed by atoms with E-state index in [2.05, 4.69) is 15.1 Å². The van der Waals surface area contributed by atoms with Crippen molar-refractivity contribution in [1.29, 1.82) is 0 Å². The monoisotopic (exact) mass is 247 g/mol. The van der Waals surface area contributed by atoms with Gasteiger partial charge in [0, 0.05) is 26.2 Å². The molecule has 0 rings (SSSR count). The molecule has 0 aliphatic carbocycles. The van der Waals surface area contributed by atoms with Crippen LogP contribution in [0.2, 0.25) is 0 Å². The van der Waals surface area contributed by atoms with E-state index < -0.39 is 0 Å². The van der Waals surface area contributed by atoms with Gasteiger partial charge < -0.3 is 24.6 Å². The highest BCUT2D eigenvalue weighted by Gasteiger charge is 1.93. The molecule has 0 spiro atoms. The minimum Gasteiger partial charge on any atom is -0.379 e. The lowest BCUT2D eigenvalue weighted by Gasteiger charge is -2.11. The normalized spacial score (nSPS) is 11.6. The van der Waals surface area contributed by atoms with E-state index in [1.807, 2.05) is 28.2 Å². The van der Waals surface area contributed by atoms with Crippen molar-refractivity contribution in [2.45, 2.75) is 0 Å². The summed E-state index contributed by atoms with van der Waals surface area (Å²) in [7, 11) is 8.19. The molecule has 0 aliphatic rings. The molecule has 0 radical (unpaired) electrons. The number of hydrogen-bond acceptors (Lipinski definition) is 5. The highest BCUT2D eigenvalue weighted by molar-refractivity contribution is 4.47. The molecule has 0 unspecified atom stereocenters. The van der Waals surface area contributed by atoms with Gasteiger partial charge in [0.25, 0.3) is 0 Å². The van der Waals surface area contributed by atoms with Gasteiger partial charge in [-0.15, -0.1) is 0 Å². The Morgan fingerprint density at radius 2 is 1.12 bits per heavy atom. The van der Waals surface area contributed by atoms with Crippen molar-refractivity contribution in [2.24, 2.45) is 0 Å². The highest BCUT2D eigenvalue weighted by Crippen LogP contribution is 1.79. The van der Waals surface area contributed by atoms with Gasteiger partial charge in [0.15, 0.2) is 0 Å². The summed E-state index contributed by atoms with van der Waals surface area (Å²) >= 11 is 0. The van der Waals surface area contributed by atoms with Crippen LogP contribution in [0.1, 0.15) is 0 Å². The van der Waals surface area contributed by atoms with Crippen LogP contribution in [0.25, 0.3) is 0 Å². The topological polar surface area (TPSA) is 37.0 Å². The van der Waals surface area contributed by atoms with E-state index in [0.29, 0.717) is 0 Å². The molecule has 0 saturated carbocycles. The number of rotatable bonds is 12. The molecule has 1 N–H and O–H groups in total. The van der Waals surface area contributed by atoms with Gasteiger partial charge in [0.1, 0.15) is 0 Å². The summed E-state index contributed by atoms with van der Waals surface area (Å²) in [5.41, 5.74) is 0. The zero-order chi connectivity index (χ0) is 12.9. The summed E-state index contributed by atoms with van der Waals surface area (Å²) in [6.45, 7) is 6.88. The zero-order valence-corrected chi connectivity index (χ0v) is 11.9. The van der Waals surface area contributed by atoms with Crippen LogP contribution in [0.4, 0.5) is 0 Å². The zero-order valence-electron chi connectivity index (χ0n) is 11.9. The SMILES string of the molecule is CN(C)CCOCCNCCOCCN(C)C. The highest BCUT2D eigenvalue weighted by atomic mass is 16.5. The largest absolute Gasteiger partial charge is 0.379 e. The van der Waals surface area contributed by atoms with Gasteiger partial charge in [-0.3, -0.25) is 0 Å². The molecular formula is C12H29N3O2. The van der Waals surface area contributed by atoms with Gasteiger partial charge in [-0.25, -0.2) is 0 Å². The quantitative estimate of drug-likeness (QED) is 0.481. The van der Waals surface area contributed by atoms with Crippen LogP contribution in [0, 0.1) is 0 Å². The maximum absolute atomic E-state index is 5.45. The molecule has 0 bridgehead atoms. The first-order valence-corrected chi connectivity index (χ1v) is 6.28. The molecule has 0 amide bonds. The van der Waals surface area contributed by atoms with Gasteiger partial charge in [-0.1, -0.05) is 0 Å². The van der Waals surface area contributed by atoms with E-state index in [1.54, 1.807) is 0 Å². The first-order valence-electron chi connectivity index (χ1n) is 6.28. The van der Waals surface area contributed by atoms with E-state index in [9.17, 15) is 0 Å². The minimum atomic E-state index is 0.769. The maximum atomic E-state index is 5.45. The van der Waals surface area contributed by atoms with Crippen molar-refractivity contribution < 1.29 is 9.47 Å². The van der Waals surface area contributed by atoms with Crippen molar-refractivity contribution in [3.05, 3.63) is 0 Å².